The van der Waals surface area contributed by atoms with Crippen LogP contribution in [0.15, 0.2) is 35.3 Å². The van der Waals surface area contributed by atoms with E-state index in [0.717, 1.165) is 44.6 Å². The molecule has 5 heteroatoms. The van der Waals surface area contributed by atoms with Crippen LogP contribution < -0.4 is 10.6 Å². The molecule has 0 amide bonds. The summed E-state index contributed by atoms with van der Waals surface area (Å²) in [5, 5.41) is 6.78. The second kappa shape index (κ2) is 10.3. The molecule has 0 spiro atoms. The standard InChI is InChI=1S/C19H32N4O/c1-20-19(21-12-7-13-24-15-16-10-11-16)22-14-18(23(2)3)17-8-5-4-6-9-17/h4-6,8-9,16,18H,7,10-15H2,1-3H3,(H2,20,21,22). The Bertz CT molecular complexity index is 485. The van der Waals surface area contributed by atoms with Crippen molar-refractivity contribution < 1.29 is 4.74 Å². The van der Waals surface area contributed by atoms with Crippen LogP contribution in [-0.4, -0.2) is 58.3 Å². The first-order valence-corrected chi connectivity index (χ1v) is 8.94. The summed E-state index contributed by atoms with van der Waals surface area (Å²) in [6.45, 7) is 3.45. The van der Waals surface area contributed by atoms with Crippen molar-refractivity contribution in [2.24, 2.45) is 10.9 Å². The van der Waals surface area contributed by atoms with E-state index in [-0.39, 0.29) is 0 Å². The number of aliphatic imine (C=N–C) groups is 1. The summed E-state index contributed by atoms with van der Waals surface area (Å²) < 4.78 is 5.65. The van der Waals surface area contributed by atoms with Crippen LogP contribution in [0.2, 0.25) is 0 Å². The molecular formula is C19H32N4O. The predicted octanol–water partition coefficient (Wildman–Crippen LogP) is 2.27. The Hall–Kier alpha value is -1.59. The van der Waals surface area contributed by atoms with E-state index in [2.05, 4.69) is 65.0 Å². The molecule has 2 N–H and O–H groups in total. The number of hydrogen-bond acceptors (Lipinski definition) is 3. The van der Waals surface area contributed by atoms with Gasteiger partial charge in [0, 0.05) is 33.4 Å². The quantitative estimate of drug-likeness (QED) is 0.392. The number of hydrogen-bond donors (Lipinski definition) is 2. The van der Waals surface area contributed by atoms with Crippen LogP contribution in [0.1, 0.15) is 30.9 Å². The van der Waals surface area contributed by atoms with Gasteiger partial charge in [0.2, 0.25) is 0 Å². The van der Waals surface area contributed by atoms with Crippen molar-refractivity contribution in [1.29, 1.82) is 0 Å². The van der Waals surface area contributed by atoms with E-state index in [1.54, 1.807) is 0 Å². The highest BCUT2D eigenvalue weighted by molar-refractivity contribution is 5.79. The van der Waals surface area contributed by atoms with Crippen molar-refractivity contribution in [3.05, 3.63) is 35.9 Å². The SMILES string of the molecule is CN=C(NCCCOCC1CC1)NCC(c1ccccc1)N(C)C. The fraction of sp³-hybridized carbons (Fsp3) is 0.632. The van der Waals surface area contributed by atoms with Crippen molar-refractivity contribution in [3.8, 4) is 0 Å². The first kappa shape index (κ1) is 18.7. The molecule has 134 valence electrons. The summed E-state index contributed by atoms with van der Waals surface area (Å²) in [7, 11) is 6.02. The third kappa shape index (κ3) is 6.89. The minimum Gasteiger partial charge on any atom is -0.381 e. The first-order chi connectivity index (χ1) is 11.7. The summed E-state index contributed by atoms with van der Waals surface area (Å²) in [5.74, 6) is 1.69. The number of benzene rings is 1. The zero-order valence-corrected chi connectivity index (χ0v) is 15.3. The molecule has 0 bridgehead atoms. The molecule has 24 heavy (non-hydrogen) atoms. The maximum atomic E-state index is 5.65. The maximum absolute atomic E-state index is 5.65. The fourth-order valence-corrected chi connectivity index (χ4v) is 2.60. The van der Waals surface area contributed by atoms with Crippen LogP contribution in [0.25, 0.3) is 0 Å². The molecule has 5 nitrogen and oxygen atoms in total. The molecule has 0 aromatic heterocycles. The molecule has 0 heterocycles. The highest BCUT2D eigenvalue weighted by Gasteiger charge is 2.20. The number of rotatable bonds is 10. The minimum absolute atomic E-state index is 0.312. The minimum atomic E-state index is 0.312. The summed E-state index contributed by atoms with van der Waals surface area (Å²) in [6.07, 6.45) is 3.70. The topological polar surface area (TPSA) is 48.9 Å². The molecule has 1 aliphatic carbocycles. The van der Waals surface area contributed by atoms with Gasteiger partial charge in [-0.2, -0.15) is 0 Å². The van der Waals surface area contributed by atoms with Gasteiger partial charge in [-0.05, 0) is 44.8 Å². The van der Waals surface area contributed by atoms with Gasteiger partial charge in [-0.25, -0.2) is 0 Å². The monoisotopic (exact) mass is 332 g/mol. The molecule has 1 aromatic rings. The zero-order chi connectivity index (χ0) is 17.2. The highest BCUT2D eigenvalue weighted by atomic mass is 16.5. The molecular weight excluding hydrogens is 300 g/mol. The second-order valence-corrected chi connectivity index (χ2v) is 6.64. The second-order valence-electron chi connectivity index (χ2n) is 6.64. The zero-order valence-electron chi connectivity index (χ0n) is 15.3. The Morgan fingerprint density at radius 3 is 2.62 bits per heavy atom. The molecule has 1 saturated carbocycles. The van der Waals surface area contributed by atoms with Crippen molar-refractivity contribution in [2.75, 3.05) is 47.4 Å². The van der Waals surface area contributed by atoms with Gasteiger partial charge < -0.3 is 20.3 Å². The lowest BCUT2D eigenvalue weighted by Gasteiger charge is -2.26. The summed E-state index contributed by atoms with van der Waals surface area (Å²) in [6, 6.07) is 10.9. The first-order valence-electron chi connectivity index (χ1n) is 8.94. The van der Waals surface area contributed by atoms with Crippen LogP contribution in [0.4, 0.5) is 0 Å². The van der Waals surface area contributed by atoms with Crippen LogP contribution in [0, 0.1) is 5.92 Å². The van der Waals surface area contributed by atoms with Gasteiger partial charge in [0.05, 0.1) is 6.04 Å². The number of nitrogens with one attached hydrogen (secondary N) is 2. The third-order valence-corrected chi connectivity index (χ3v) is 4.30. The van der Waals surface area contributed by atoms with E-state index >= 15 is 0 Å². The molecule has 1 aromatic carbocycles. The van der Waals surface area contributed by atoms with Crippen LogP contribution >= 0.6 is 0 Å². The fourth-order valence-electron chi connectivity index (χ4n) is 2.60. The lowest BCUT2D eigenvalue weighted by atomic mass is 10.1. The lowest BCUT2D eigenvalue weighted by Crippen LogP contribution is -2.42. The van der Waals surface area contributed by atoms with Gasteiger partial charge in [0.15, 0.2) is 5.96 Å². The molecule has 0 radical (unpaired) electrons. The van der Waals surface area contributed by atoms with E-state index in [4.69, 9.17) is 4.74 Å². The van der Waals surface area contributed by atoms with Crippen molar-refractivity contribution in [3.63, 3.8) is 0 Å². The van der Waals surface area contributed by atoms with Gasteiger partial charge >= 0.3 is 0 Å². The van der Waals surface area contributed by atoms with Gasteiger partial charge in [-0.15, -0.1) is 0 Å². The van der Waals surface area contributed by atoms with E-state index in [9.17, 15) is 0 Å². The largest absolute Gasteiger partial charge is 0.381 e. The smallest absolute Gasteiger partial charge is 0.191 e. The van der Waals surface area contributed by atoms with E-state index in [1.807, 2.05) is 7.05 Å². The van der Waals surface area contributed by atoms with Gasteiger partial charge in [0.1, 0.15) is 0 Å². The summed E-state index contributed by atoms with van der Waals surface area (Å²) in [5.41, 5.74) is 1.30. The Balaban J connectivity index is 1.67. The maximum Gasteiger partial charge on any atom is 0.191 e. The van der Waals surface area contributed by atoms with Crippen molar-refractivity contribution in [1.82, 2.24) is 15.5 Å². The number of ether oxygens (including phenoxy) is 1. The normalized spacial score (nSPS) is 16.2. The van der Waals surface area contributed by atoms with Crippen LogP contribution in [0.5, 0.6) is 0 Å². The molecule has 0 saturated heterocycles. The Morgan fingerprint density at radius 2 is 2.00 bits per heavy atom. The third-order valence-electron chi connectivity index (χ3n) is 4.30. The van der Waals surface area contributed by atoms with Crippen LogP contribution in [0.3, 0.4) is 0 Å². The van der Waals surface area contributed by atoms with E-state index in [0.29, 0.717) is 6.04 Å². The molecule has 1 unspecified atom stereocenters. The average molecular weight is 332 g/mol. The van der Waals surface area contributed by atoms with Crippen molar-refractivity contribution >= 4 is 5.96 Å². The Morgan fingerprint density at radius 1 is 1.25 bits per heavy atom. The van der Waals surface area contributed by atoms with E-state index < -0.39 is 0 Å². The molecule has 0 aliphatic heterocycles. The lowest BCUT2D eigenvalue weighted by molar-refractivity contribution is 0.123. The molecule has 1 fully saturated rings. The molecule has 1 aliphatic rings. The Kier molecular flexibility index (Phi) is 8.05. The average Bonchev–Trinajstić information content (AvgIpc) is 3.41. The summed E-state index contributed by atoms with van der Waals surface area (Å²) >= 11 is 0. The Labute approximate surface area is 146 Å². The number of nitrogens with zero attached hydrogens (tertiary/aromatic N) is 2. The van der Waals surface area contributed by atoms with Gasteiger partial charge in [-0.1, -0.05) is 30.3 Å². The highest BCUT2D eigenvalue weighted by Crippen LogP contribution is 2.28. The number of likely N-dealkylation sites (N-methyl/N-ethyl adjacent to an activating group) is 1. The van der Waals surface area contributed by atoms with Gasteiger partial charge in [-0.3, -0.25) is 4.99 Å². The number of guanidine groups is 1. The predicted molar refractivity (Wildman–Crippen MR) is 100 cm³/mol. The molecule has 2 rings (SSSR count). The van der Waals surface area contributed by atoms with Crippen LogP contribution in [-0.2, 0) is 4.74 Å². The van der Waals surface area contributed by atoms with Gasteiger partial charge in [0.25, 0.3) is 0 Å². The summed E-state index contributed by atoms with van der Waals surface area (Å²) in [4.78, 5) is 6.53. The van der Waals surface area contributed by atoms with E-state index in [1.165, 1.54) is 18.4 Å². The van der Waals surface area contributed by atoms with Crippen molar-refractivity contribution in [2.45, 2.75) is 25.3 Å². The molecule has 1 atom stereocenters.